The minimum atomic E-state index is -4.80. The number of aliphatic hydroxyl groups is 1. The number of H-pyrrole nitrogens is 1. The molecule has 9 nitrogen and oxygen atoms in total. The van der Waals surface area contributed by atoms with Gasteiger partial charge >= 0.3 is 6.18 Å². The Morgan fingerprint density at radius 3 is 2.51 bits per heavy atom. The van der Waals surface area contributed by atoms with Gasteiger partial charge in [0.25, 0.3) is 0 Å². The molecule has 37 heavy (non-hydrogen) atoms. The Morgan fingerprint density at radius 2 is 1.92 bits per heavy atom. The first-order valence-corrected chi connectivity index (χ1v) is 13.2. The van der Waals surface area contributed by atoms with Gasteiger partial charge in [0, 0.05) is 23.0 Å². The number of benzene rings is 2. The molecular weight excluding hydrogens is 535 g/mol. The fourth-order valence-corrected chi connectivity index (χ4v) is 6.23. The minimum Gasteiger partial charge on any atom is -0.495 e. The van der Waals surface area contributed by atoms with Crippen molar-refractivity contribution in [1.82, 2.24) is 19.9 Å². The molecule has 2 aromatic carbocycles. The number of nitrogens with two attached hydrogens (primary N) is 1. The Labute approximate surface area is 216 Å². The van der Waals surface area contributed by atoms with Crippen molar-refractivity contribution in [2.75, 3.05) is 12.8 Å². The van der Waals surface area contributed by atoms with Crippen molar-refractivity contribution in [2.45, 2.75) is 55.3 Å². The van der Waals surface area contributed by atoms with Crippen LogP contribution in [0.1, 0.15) is 42.6 Å². The highest BCUT2D eigenvalue weighted by Crippen LogP contribution is 2.43. The average Bonchev–Trinajstić information content (AvgIpc) is 3.23. The number of nitrogen functional groups attached to an aromatic ring is 1. The standard InChI is InChI=1S/C23H25ClF3N5O4S/c1-36-18-7-2-13(11-19(18)37(34,35)32-14-3-5-15(33)6-4-14)21-16(23(25,26)27)8-12(9-17(21)24)10-20-29-22(28)31-30-20/h2,7-9,11,14-15,32-33H,3-6,10H2,1H3,(H3,28,29,30,31). The summed E-state index contributed by atoms with van der Waals surface area (Å²) in [6.45, 7) is 0. The smallest absolute Gasteiger partial charge is 0.417 e. The number of sulfonamides is 1. The van der Waals surface area contributed by atoms with E-state index in [0.717, 1.165) is 12.1 Å². The van der Waals surface area contributed by atoms with Crippen LogP contribution < -0.4 is 15.2 Å². The summed E-state index contributed by atoms with van der Waals surface area (Å²) in [5.41, 5.74) is 4.22. The Kier molecular flexibility index (Phi) is 7.70. The summed E-state index contributed by atoms with van der Waals surface area (Å²) in [5.74, 6) is 0.184. The number of anilines is 1. The zero-order valence-electron chi connectivity index (χ0n) is 19.6. The lowest BCUT2D eigenvalue weighted by atomic mass is 9.94. The third-order valence-electron chi connectivity index (χ3n) is 6.14. The summed E-state index contributed by atoms with van der Waals surface area (Å²) in [5, 5.41) is 15.7. The molecule has 4 rings (SSSR count). The number of methoxy groups -OCH3 is 1. The molecule has 0 bridgehead atoms. The van der Waals surface area contributed by atoms with Crippen LogP contribution >= 0.6 is 11.6 Å². The normalized spacial score (nSPS) is 18.6. The van der Waals surface area contributed by atoms with Crippen molar-refractivity contribution >= 4 is 27.6 Å². The number of ether oxygens (including phenoxy) is 1. The molecule has 3 aromatic rings. The summed E-state index contributed by atoms with van der Waals surface area (Å²) < 4.78 is 76.8. The van der Waals surface area contributed by atoms with Gasteiger partial charge in [-0.05, 0) is 61.1 Å². The van der Waals surface area contributed by atoms with Crippen LogP contribution in [-0.2, 0) is 22.6 Å². The van der Waals surface area contributed by atoms with Crippen LogP contribution in [0.25, 0.3) is 11.1 Å². The zero-order chi connectivity index (χ0) is 27.0. The number of hydrogen-bond donors (Lipinski definition) is 4. The Bertz CT molecular complexity index is 1390. The predicted octanol–water partition coefficient (Wildman–Crippen LogP) is 3.91. The first kappa shape index (κ1) is 27.2. The number of hydrogen-bond acceptors (Lipinski definition) is 7. The summed E-state index contributed by atoms with van der Waals surface area (Å²) in [6, 6.07) is 5.60. The number of halogens is 4. The van der Waals surface area contributed by atoms with Crippen LogP contribution in [0.15, 0.2) is 35.2 Å². The molecule has 0 unspecified atom stereocenters. The molecule has 0 amide bonds. The molecule has 1 fully saturated rings. The van der Waals surface area contributed by atoms with Gasteiger partial charge in [-0.15, -0.1) is 5.10 Å². The number of aromatic nitrogens is 3. The van der Waals surface area contributed by atoms with E-state index in [9.17, 15) is 26.7 Å². The lowest BCUT2D eigenvalue weighted by Crippen LogP contribution is -2.38. The molecule has 0 radical (unpaired) electrons. The van der Waals surface area contributed by atoms with Crippen molar-refractivity contribution in [3.63, 3.8) is 0 Å². The van der Waals surface area contributed by atoms with Crippen LogP contribution in [-0.4, -0.2) is 48.0 Å². The number of nitrogens with one attached hydrogen (secondary N) is 2. The highest BCUT2D eigenvalue weighted by Gasteiger charge is 2.36. The molecule has 0 atom stereocenters. The number of rotatable bonds is 7. The van der Waals surface area contributed by atoms with Crippen molar-refractivity contribution in [3.8, 4) is 16.9 Å². The van der Waals surface area contributed by atoms with Crippen molar-refractivity contribution in [1.29, 1.82) is 0 Å². The van der Waals surface area contributed by atoms with Gasteiger partial charge in [0.15, 0.2) is 0 Å². The van der Waals surface area contributed by atoms with E-state index in [0.29, 0.717) is 25.7 Å². The van der Waals surface area contributed by atoms with E-state index >= 15 is 0 Å². The predicted molar refractivity (Wildman–Crippen MR) is 131 cm³/mol. The Hall–Kier alpha value is -2.87. The van der Waals surface area contributed by atoms with Crippen LogP contribution in [0.5, 0.6) is 5.75 Å². The van der Waals surface area contributed by atoms with Crippen molar-refractivity contribution in [2.24, 2.45) is 0 Å². The average molecular weight is 560 g/mol. The maximum Gasteiger partial charge on any atom is 0.417 e. The highest BCUT2D eigenvalue weighted by molar-refractivity contribution is 7.89. The zero-order valence-corrected chi connectivity index (χ0v) is 21.2. The second-order valence-corrected chi connectivity index (χ2v) is 10.9. The van der Waals surface area contributed by atoms with E-state index in [2.05, 4.69) is 19.9 Å². The molecule has 1 saturated carbocycles. The van der Waals surface area contributed by atoms with E-state index in [1.54, 1.807) is 0 Å². The number of alkyl halides is 3. The lowest BCUT2D eigenvalue weighted by molar-refractivity contribution is -0.137. The first-order valence-electron chi connectivity index (χ1n) is 11.3. The summed E-state index contributed by atoms with van der Waals surface area (Å²) in [4.78, 5) is 3.59. The first-order chi connectivity index (χ1) is 17.4. The monoisotopic (exact) mass is 559 g/mol. The van der Waals surface area contributed by atoms with Gasteiger partial charge in [-0.25, -0.2) is 13.1 Å². The fourth-order valence-electron chi connectivity index (χ4n) is 4.38. The second-order valence-electron chi connectivity index (χ2n) is 8.81. The molecule has 0 aliphatic heterocycles. The topological polar surface area (TPSA) is 143 Å². The third-order valence-corrected chi connectivity index (χ3v) is 7.98. The molecule has 1 aliphatic rings. The third kappa shape index (κ3) is 6.17. The van der Waals surface area contributed by atoms with E-state index < -0.39 is 33.9 Å². The summed E-state index contributed by atoms with van der Waals surface area (Å²) in [7, 11) is -2.90. The maximum absolute atomic E-state index is 14.2. The molecule has 200 valence electrons. The molecular formula is C23H25ClF3N5O4S. The molecule has 0 saturated heterocycles. The van der Waals surface area contributed by atoms with Gasteiger partial charge in [0.05, 0.1) is 18.8 Å². The SMILES string of the molecule is COc1ccc(-c2c(Cl)cc(Cc3nc(N)n[nH]3)cc2C(F)(F)F)cc1S(=O)(=O)NC1CCC(O)CC1. The summed E-state index contributed by atoms with van der Waals surface area (Å²) in [6.07, 6.45) is -3.55. The van der Waals surface area contributed by atoms with Crippen molar-refractivity contribution < 1.29 is 31.4 Å². The quantitative estimate of drug-likeness (QED) is 0.344. The van der Waals surface area contributed by atoms with Gasteiger partial charge < -0.3 is 15.6 Å². The number of aliphatic hydroxyl groups excluding tert-OH is 1. The van der Waals surface area contributed by atoms with Gasteiger partial charge in [-0.1, -0.05) is 17.7 Å². The molecule has 5 N–H and O–H groups in total. The van der Waals surface area contributed by atoms with Gasteiger partial charge in [0.1, 0.15) is 16.5 Å². The van der Waals surface area contributed by atoms with Crippen LogP contribution in [0.3, 0.4) is 0 Å². The number of aromatic amines is 1. The molecule has 0 spiro atoms. The van der Waals surface area contributed by atoms with Crippen molar-refractivity contribution in [3.05, 3.63) is 52.3 Å². The second kappa shape index (κ2) is 10.5. The summed E-state index contributed by atoms with van der Waals surface area (Å²) >= 11 is 6.37. The van der Waals surface area contributed by atoms with Gasteiger partial charge in [-0.2, -0.15) is 18.2 Å². The van der Waals surface area contributed by atoms with Gasteiger partial charge in [-0.3, -0.25) is 5.10 Å². The number of nitrogens with zero attached hydrogens (tertiary/aromatic N) is 2. The molecule has 1 aromatic heterocycles. The van der Waals surface area contributed by atoms with Crippen LogP contribution in [0.2, 0.25) is 5.02 Å². The fraction of sp³-hybridized carbons (Fsp3) is 0.391. The van der Waals surface area contributed by atoms with E-state index in [-0.39, 0.29) is 50.6 Å². The largest absolute Gasteiger partial charge is 0.495 e. The lowest BCUT2D eigenvalue weighted by Gasteiger charge is -2.26. The molecule has 1 aliphatic carbocycles. The molecule has 1 heterocycles. The Balaban J connectivity index is 1.76. The Morgan fingerprint density at radius 1 is 1.22 bits per heavy atom. The highest BCUT2D eigenvalue weighted by atomic mass is 35.5. The maximum atomic E-state index is 14.2. The van der Waals surface area contributed by atoms with E-state index in [4.69, 9.17) is 22.1 Å². The van der Waals surface area contributed by atoms with Crippen LogP contribution in [0.4, 0.5) is 19.1 Å². The van der Waals surface area contributed by atoms with Gasteiger partial charge in [0.2, 0.25) is 16.0 Å². The minimum absolute atomic E-state index is 0.0312. The van der Waals surface area contributed by atoms with E-state index in [1.807, 2.05) is 0 Å². The van der Waals surface area contributed by atoms with Crippen LogP contribution in [0, 0.1) is 0 Å². The molecule has 14 heteroatoms. The van der Waals surface area contributed by atoms with E-state index in [1.165, 1.54) is 25.3 Å².